The molecule has 2 heterocycles. The van der Waals surface area contributed by atoms with Crippen molar-refractivity contribution in [2.75, 3.05) is 11.4 Å². The molecule has 0 radical (unpaired) electrons. The van der Waals surface area contributed by atoms with Crippen LogP contribution in [-0.4, -0.2) is 35.0 Å². The van der Waals surface area contributed by atoms with E-state index in [1.807, 2.05) is 0 Å². The standard InChI is InChI=1S/C11H12N2O4S/c1-11(2)10(17)12-8(14)4-13(11)6-3-7(9(15)16)18-5-6/h3,5H,4H2,1-2H3,(H,15,16)(H,12,14,17). The molecule has 6 nitrogen and oxygen atoms in total. The number of hydrogen-bond donors (Lipinski definition) is 2. The number of carbonyl (C=O) groups excluding carboxylic acids is 2. The maximum atomic E-state index is 11.8. The summed E-state index contributed by atoms with van der Waals surface area (Å²) in [7, 11) is 0. The van der Waals surface area contributed by atoms with E-state index in [4.69, 9.17) is 5.11 Å². The van der Waals surface area contributed by atoms with E-state index < -0.39 is 11.5 Å². The lowest BCUT2D eigenvalue weighted by Crippen LogP contribution is -2.64. The van der Waals surface area contributed by atoms with Crippen LogP contribution in [0.1, 0.15) is 23.5 Å². The summed E-state index contributed by atoms with van der Waals surface area (Å²) in [6.07, 6.45) is 0. The molecule has 2 N–H and O–H groups in total. The summed E-state index contributed by atoms with van der Waals surface area (Å²) < 4.78 is 0. The molecule has 1 saturated heterocycles. The predicted octanol–water partition coefficient (Wildman–Crippen LogP) is 0.688. The molecule has 7 heteroatoms. The number of nitrogens with zero attached hydrogens (tertiary/aromatic N) is 1. The molecule has 96 valence electrons. The maximum Gasteiger partial charge on any atom is 0.345 e. The van der Waals surface area contributed by atoms with Crippen molar-refractivity contribution in [2.24, 2.45) is 0 Å². The number of piperazine rings is 1. The maximum absolute atomic E-state index is 11.8. The van der Waals surface area contributed by atoms with Crippen molar-refractivity contribution in [2.45, 2.75) is 19.4 Å². The molecule has 0 spiro atoms. The number of hydrogen-bond acceptors (Lipinski definition) is 5. The number of carbonyl (C=O) groups is 3. The summed E-state index contributed by atoms with van der Waals surface area (Å²) in [5, 5.41) is 12.8. The second kappa shape index (κ2) is 4.09. The number of anilines is 1. The third-order valence-corrected chi connectivity index (χ3v) is 3.80. The Balaban J connectivity index is 2.37. The van der Waals surface area contributed by atoms with Crippen LogP contribution in [0.2, 0.25) is 0 Å². The molecule has 18 heavy (non-hydrogen) atoms. The Bertz CT molecular complexity index is 535. The monoisotopic (exact) mass is 268 g/mol. The molecule has 1 fully saturated rings. The fraction of sp³-hybridized carbons (Fsp3) is 0.364. The van der Waals surface area contributed by atoms with E-state index in [1.165, 1.54) is 6.07 Å². The van der Waals surface area contributed by atoms with Gasteiger partial charge < -0.3 is 10.0 Å². The summed E-state index contributed by atoms with van der Waals surface area (Å²) in [4.78, 5) is 35.8. The highest BCUT2D eigenvalue weighted by atomic mass is 32.1. The van der Waals surface area contributed by atoms with Gasteiger partial charge in [-0.15, -0.1) is 11.3 Å². The van der Waals surface area contributed by atoms with Crippen LogP contribution in [0.15, 0.2) is 11.4 Å². The molecule has 0 unspecified atom stereocenters. The van der Waals surface area contributed by atoms with Crippen LogP contribution in [0.5, 0.6) is 0 Å². The molecular weight excluding hydrogens is 256 g/mol. The molecule has 1 aliphatic rings. The number of thiophene rings is 1. The van der Waals surface area contributed by atoms with Gasteiger partial charge in [0.1, 0.15) is 10.4 Å². The van der Waals surface area contributed by atoms with Gasteiger partial charge in [0.25, 0.3) is 5.91 Å². The van der Waals surface area contributed by atoms with Crippen LogP contribution in [0.25, 0.3) is 0 Å². The zero-order valence-corrected chi connectivity index (χ0v) is 10.7. The molecule has 1 aromatic rings. The van der Waals surface area contributed by atoms with Gasteiger partial charge in [-0.3, -0.25) is 14.9 Å². The van der Waals surface area contributed by atoms with Gasteiger partial charge in [-0.2, -0.15) is 0 Å². The predicted molar refractivity (Wildman–Crippen MR) is 65.9 cm³/mol. The van der Waals surface area contributed by atoms with Gasteiger partial charge in [0.2, 0.25) is 5.91 Å². The highest BCUT2D eigenvalue weighted by Gasteiger charge is 2.41. The third-order valence-electron chi connectivity index (χ3n) is 2.89. The van der Waals surface area contributed by atoms with Crippen molar-refractivity contribution >= 4 is 34.8 Å². The minimum atomic E-state index is -1.02. The summed E-state index contributed by atoms with van der Waals surface area (Å²) in [6.45, 7) is 3.41. The first kappa shape index (κ1) is 12.6. The van der Waals surface area contributed by atoms with Crippen LogP contribution in [0.3, 0.4) is 0 Å². The van der Waals surface area contributed by atoms with E-state index in [0.29, 0.717) is 5.69 Å². The summed E-state index contributed by atoms with van der Waals surface area (Å²) in [5.74, 6) is -1.79. The third kappa shape index (κ3) is 1.97. The molecule has 0 atom stereocenters. The molecule has 1 aromatic heterocycles. The number of aromatic carboxylic acids is 1. The Morgan fingerprint density at radius 2 is 2.17 bits per heavy atom. The van der Waals surface area contributed by atoms with Crippen LogP contribution in [-0.2, 0) is 9.59 Å². The SMILES string of the molecule is CC1(C)C(=O)NC(=O)CN1c1csc(C(=O)O)c1. The first-order valence-electron chi connectivity index (χ1n) is 5.26. The Labute approximate surface area is 107 Å². The lowest BCUT2D eigenvalue weighted by molar-refractivity contribution is -0.135. The molecular formula is C11H12N2O4S. The van der Waals surface area contributed by atoms with Crippen LogP contribution in [0.4, 0.5) is 5.69 Å². The number of imide groups is 1. The minimum absolute atomic E-state index is 0.0362. The number of carboxylic acid groups (broad SMARTS) is 1. The number of nitrogens with one attached hydrogen (secondary N) is 1. The zero-order chi connectivity index (χ0) is 13.5. The van der Waals surface area contributed by atoms with Crippen molar-refractivity contribution in [3.8, 4) is 0 Å². The van der Waals surface area contributed by atoms with Crippen molar-refractivity contribution in [1.82, 2.24) is 5.32 Å². The van der Waals surface area contributed by atoms with Crippen molar-refractivity contribution in [1.29, 1.82) is 0 Å². The van der Waals surface area contributed by atoms with Gasteiger partial charge in [0.05, 0.1) is 6.54 Å². The lowest BCUT2D eigenvalue weighted by Gasteiger charge is -2.41. The first-order valence-corrected chi connectivity index (χ1v) is 6.14. The summed E-state index contributed by atoms with van der Waals surface area (Å²) in [6, 6.07) is 1.47. The van der Waals surface area contributed by atoms with Crippen LogP contribution < -0.4 is 10.2 Å². The van der Waals surface area contributed by atoms with Crippen LogP contribution in [0, 0.1) is 0 Å². The second-order valence-electron chi connectivity index (χ2n) is 4.50. The van der Waals surface area contributed by atoms with Crippen molar-refractivity contribution in [3.05, 3.63) is 16.3 Å². The smallest absolute Gasteiger partial charge is 0.345 e. The van der Waals surface area contributed by atoms with Gasteiger partial charge in [-0.05, 0) is 19.9 Å². The highest BCUT2D eigenvalue weighted by Crippen LogP contribution is 2.30. The molecule has 0 aromatic carbocycles. The van der Waals surface area contributed by atoms with E-state index in [2.05, 4.69) is 5.32 Å². The molecule has 2 rings (SSSR count). The zero-order valence-electron chi connectivity index (χ0n) is 9.89. The first-order chi connectivity index (χ1) is 8.32. The molecule has 0 saturated carbocycles. The highest BCUT2D eigenvalue weighted by molar-refractivity contribution is 7.12. The summed E-state index contributed by atoms with van der Waals surface area (Å²) >= 11 is 1.07. The number of carboxylic acids is 1. The largest absolute Gasteiger partial charge is 0.477 e. The molecule has 2 amide bonds. The molecule has 1 aliphatic heterocycles. The second-order valence-corrected chi connectivity index (χ2v) is 5.41. The van der Waals surface area contributed by atoms with E-state index in [0.717, 1.165) is 11.3 Å². The number of amides is 2. The Morgan fingerprint density at radius 1 is 1.50 bits per heavy atom. The minimum Gasteiger partial charge on any atom is -0.477 e. The molecule has 0 aliphatic carbocycles. The van der Waals surface area contributed by atoms with E-state index in [-0.39, 0.29) is 23.2 Å². The van der Waals surface area contributed by atoms with E-state index in [1.54, 1.807) is 24.1 Å². The van der Waals surface area contributed by atoms with Gasteiger partial charge in [0, 0.05) is 11.1 Å². The Kier molecular flexibility index (Phi) is 2.86. The topological polar surface area (TPSA) is 86.7 Å². The van der Waals surface area contributed by atoms with E-state index >= 15 is 0 Å². The van der Waals surface area contributed by atoms with Gasteiger partial charge in [0.15, 0.2) is 0 Å². The average Bonchev–Trinajstić information content (AvgIpc) is 2.72. The normalized spacial score (nSPS) is 18.7. The van der Waals surface area contributed by atoms with Gasteiger partial charge in [-0.1, -0.05) is 0 Å². The van der Waals surface area contributed by atoms with Gasteiger partial charge >= 0.3 is 5.97 Å². The van der Waals surface area contributed by atoms with Crippen LogP contribution >= 0.6 is 11.3 Å². The van der Waals surface area contributed by atoms with Gasteiger partial charge in [-0.25, -0.2) is 4.79 Å². The quantitative estimate of drug-likeness (QED) is 0.770. The Morgan fingerprint density at radius 3 is 2.72 bits per heavy atom. The van der Waals surface area contributed by atoms with Crippen molar-refractivity contribution < 1.29 is 19.5 Å². The fourth-order valence-corrected chi connectivity index (χ4v) is 2.51. The molecule has 0 bridgehead atoms. The lowest BCUT2D eigenvalue weighted by atomic mass is 9.98. The average molecular weight is 268 g/mol. The number of rotatable bonds is 2. The fourth-order valence-electron chi connectivity index (χ4n) is 1.78. The Hall–Kier alpha value is -1.89. The summed E-state index contributed by atoms with van der Waals surface area (Å²) in [5.41, 5.74) is -0.310. The van der Waals surface area contributed by atoms with E-state index in [9.17, 15) is 14.4 Å². The van der Waals surface area contributed by atoms with Crippen molar-refractivity contribution in [3.63, 3.8) is 0 Å².